The second-order valence-electron chi connectivity index (χ2n) is 13.7. The maximum Gasteiger partial charge on any atom is 0.260 e. The maximum atomic E-state index is 14.1. The Balaban J connectivity index is 2.31. The van der Waals surface area contributed by atoms with Crippen molar-refractivity contribution < 1.29 is 27.5 Å². The van der Waals surface area contributed by atoms with E-state index in [-0.39, 0.29) is 29.1 Å². The molecule has 0 bridgehead atoms. The zero-order chi connectivity index (χ0) is 35.0. The topological polar surface area (TPSA) is 134 Å². The van der Waals surface area contributed by atoms with Gasteiger partial charge in [-0.15, -0.1) is 0 Å². The quantitative estimate of drug-likeness (QED) is 0.260. The average molecular weight is 657 g/mol. The van der Waals surface area contributed by atoms with Crippen molar-refractivity contribution in [2.45, 2.75) is 84.7 Å². The van der Waals surface area contributed by atoms with Crippen LogP contribution in [0.1, 0.15) is 66.5 Å². The van der Waals surface area contributed by atoms with E-state index in [0.29, 0.717) is 11.3 Å². The second-order valence-corrected chi connectivity index (χ2v) is 15.4. The number of carbonyl (C=O) groups excluding carboxylic acids is 3. The van der Waals surface area contributed by atoms with Gasteiger partial charge in [0.25, 0.3) is 5.91 Å². The van der Waals surface area contributed by atoms with E-state index in [4.69, 9.17) is 4.74 Å². The van der Waals surface area contributed by atoms with Gasteiger partial charge in [0.2, 0.25) is 21.8 Å². The van der Waals surface area contributed by atoms with E-state index in [0.717, 1.165) is 5.56 Å². The van der Waals surface area contributed by atoms with Gasteiger partial charge in [0, 0.05) is 18.0 Å². The molecule has 0 saturated heterocycles. The summed E-state index contributed by atoms with van der Waals surface area (Å²) in [7, 11) is 0.977. The van der Waals surface area contributed by atoms with Crippen LogP contribution in [0.2, 0.25) is 0 Å². The number of nitrogens with zero attached hydrogens (tertiary/aromatic N) is 1. The first kappa shape index (κ1) is 38.5. The maximum absolute atomic E-state index is 14.1. The van der Waals surface area contributed by atoms with Crippen LogP contribution in [-0.4, -0.2) is 70.4 Å². The van der Waals surface area contributed by atoms with Crippen molar-refractivity contribution in [3.63, 3.8) is 0 Å². The van der Waals surface area contributed by atoms with Gasteiger partial charge in [-0.1, -0.05) is 97.0 Å². The van der Waals surface area contributed by atoms with Gasteiger partial charge in [0.15, 0.2) is 0 Å². The lowest BCUT2D eigenvalue weighted by Gasteiger charge is -2.40. The molecule has 0 aromatic heterocycles. The monoisotopic (exact) mass is 656 g/mol. The number of methoxy groups -OCH3 is 1. The number of likely N-dealkylation sites (N-methyl/N-ethyl adjacent to an activating group) is 2. The summed E-state index contributed by atoms with van der Waals surface area (Å²) >= 11 is 0. The third-order valence-electron chi connectivity index (χ3n) is 8.19. The number of benzene rings is 2. The smallest absolute Gasteiger partial charge is 0.260 e. The second kappa shape index (κ2) is 15.7. The molecule has 254 valence electrons. The fraction of sp³-hybridized carbons (Fsp3) is 0.514. The Kier molecular flexibility index (Phi) is 13.2. The van der Waals surface area contributed by atoms with Crippen LogP contribution in [0.25, 0.3) is 0 Å². The number of ether oxygens (including phenoxy) is 1. The molecule has 1 unspecified atom stereocenters. The van der Waals surface area contributed by atoms with Crippen molar-refractivity contribution in [2.24, 2.45) is 11.3 Å². The molecule has 11 heteroatoms. The van der Waals surface area contributed by atoms with Gasteiger partial charge < -0.3 is 20.3 Å². The number of hydrogen-bond acceptors (Lipinski definition) is 7. The van der Waals surface area contributed by atoms with E-state index in [1.165, 1.54) is 11.8 Å². The number of hydrogen-bond donors (Lipinski definition) is 3. The van der Waals surface area contributed by atoms with Crippen molar-refractivity contribution >= 4 is 27.7 Å². The van der Waals surface area contributed by atoms with Crippen LogP contribution in [0.15, 0.2) is 66.2 Å². The molecule has 0 aliphatic rings. The first-order valence-corrected chi connectivity index (χ1v) is 17.1. The predicted molar refractivity (Wildman–Crippen MR) is 183 cm³/mol. The number of amides is 3. The Morgan fingerprint density at radius 3 is 2.09 bits per heavy atom. The van der Waals surface area contributed by atoms with Gasteiger partial charge in [-0.05, 0) is 48.6 Å². The Morgan fingerprint density at radius 1 is 0.957 bits per heavy atom. The summed E-state index contributed by atoms with van der Waals surface area (Å²) < 4.78 is 32.9. The van der Waals surface area contributed by atoms with Crippen molar-refractivity contribution in [2.75, 3.05) is 21.2 Å². The summed E-state index contributed by atoms with van der Waals surface area (Å²) in [6.07, 6.45) is 1.60. The first-order valence-electron chi connectivity index (χ1n) is 15.4. The normalized spacial score (nSPS) is 14.7. The van der Waals surface area contributed by atoms with Gasteiger partial charge in [-0.2, -0.15) is 0 Å². The van der Waals surface area contributed by atoms with Gasteiger partial charge in [0.1, 0.15) is 11.8 Å². The van der Waals surface area contributed by atoms with Crippen LogP contribution in [0.4, 0.5) is 0 Å². The van der Waals surface area contributed by atoms with Crippen molar-refractivity contribution in [3.8, 4) is 5.75 Å². The molecule has 3 amide bonds. The fourth-order valence-electron chi connectivity index (χ4n) is 5.37. The van der Waals surface area contributed by atoms with Gasteiger partial charge >= 0.3 is 0 Å². The highest BCUT2D eigenvalue weighted by molar-refractivity contribution is 7.89. The lowest BCUT2D eigenvalue weighted by molar-refractivity contribution is -0.140. The van der Waals surface area contributed by atoms with E-state index in [1.807, 2.05) is 72.7 Å². The van der Waals surface area contributed by atoms with Gasteiger partial charge in [-0.25, -0.2) is 13.1 Å². The highest BCUT2D eigenvalue weighted by Gasteiger charge is 2.41. The standard InChI is InChI=1S/C35H52N4O6S/c1-23(2)28(20-24(3)31(40)38-46(43,44)22-25-16-13-12-14-17-25)39(10)33(42)30(34(4,5)6)37-32(41)29(36-9)35(7,8)26-18-15-19-27(21-26)45-11/h12-21,23,28-30,36H,22H2,1-11H3,(H,37,41)(H,38,40)/b24-20+/t28-,29+,30?/m1/s1. The van der Waals surface area contributed by atoms with E-state index in [9.17, 15) is 22.8 Å². The van der Waals surface area contributed by atoms with E-state index in [1.54, 1.807) is 57.6 Å². The van der Waals surface area contributed by atoms with Crippen LogP contribution in [0.5, 0.6) is 5.75 Å². The first-order chi connectivity index (χ1) is 21.2. The number of carbonyl (C=O) groups is 3. The lowest BCUT2D eigenvalue weighted by Crippen LogP contribution is -2.61. The van der Waals surface area contributed by atoms with Crippen LogP contribution < -0.4 is 20.1 Å². The molecule has 2 aromatic carbocycles. The van der Waals surface area contributed by atoms with E-state index < -0.39 is 44.9 Å². The summed E-state index contributed by atoms with van der Waals surface area (Å²) in [5.74, 6) is -1.24. The minimum Gasteiger partial charge on any atom is -0.497 e. The van der Waals surface area contributed by atoms with E-state index >= 15 is 0 Å². The van der Waals surface area contributed by atoms with Crippen LogP contribution in [-0.2, 0) is 35.6 Å². The van der Waals surface area contributed by atoms with Crippen LogP contribution in [0, 0.1) is 11.3 Å². The molecule has 0 saturated carbocycles. The van der Waals surface area contributed by atoms with Crippen LogP contribution in [0.3, 0.4) is 0 Å². The van der Waals surface area contributed by atoms with Crippen molar-refractivity contribution in [3.05, 3.63) is 77.4 Å². The predicted octanol–water partition coefficient (Wildman–Crippen LogP) is 4.17. The number of rotatable bonds is 14. The number of nitrogens with one attached hydrogen (secondary N) is 3. The Hall–Kier alpha value is -3.70. The van der Waals surface area contributed by atoms with E-state index in [2.05, 4.69) is 15.4 Å². The minimum absolute atomic E-state index is 0.133. The molecule has 2 aromatic rings. The molecular formula is C35H52N4O6S. The summed E-state index contributed by atoms with van der Waals surface area (Å²) in [5.41, 5.74) is 0.266. The third kappa shape index (κ3) is 10.2. The molecule has 3 N–H and O–H groups in total. The molecular weight excluding hydrogens is 604 g/mol. The Morgan fingerprint density at radius 2 is 1.57 bits per heavy atom. The third-order valence-corrected chi connectivity index (χ3v) is 9.40. The zero-order valence-corrected chi connectivity index (χ0v) is 29.9. The highest BCUT2D eigenvalue weighted by Crippen LogP contribution is 2.31. The summed E-state index contributed by atoms with van der Waals surface area (Å²) in [6.45, 7) is 14.9. The average Bonchev–Trinajstić information content (AvgIpc) is 2.97. The van der Waals surface area contributed by atoms with Crippen molar-refractivity contribution in [1.29, 1.82) is 0 Å². The molecule has 0 spiro atoms. The molecule has 2 rings (SSSR count). The highest BCUT2D eigenvalue weighted by atomic mass is 32.2. The summed E-state index contributed by atoms with van der Waals surface area (Å²) in [4.78, 5) is 42.5. The summed E-state index contributed by atoms with van der Waals surface area (Å²) in [5, 5.41) is 6.15. The minimum atomic E-state index is -3.95. The van der Waals surface area contributed by atoms with Crippen LogP contribution >= 0.6 is 0 Å². The van der Waals surface area contributed by atoms with Gasteiger partial charge in [0.05, 0.1) is 24.9 Å². The molecule has 0 heterocycles. The molecule has 0 aliphatic heterocycles. The van der Waals surface area contributed by atoms with Gasteiger partial charge in [-0.3, -0.25) is 14.4 Å². The molecule has 0 aliphatic carbocycles. The fourth-order valence-corrected chi connectivity index (χ4v) is 6.52. The molecule has 46 heavy (non-hydrogen) atoms. The Labute approximate surface area is 275 Å². The largest absolute Gasteiger partial charge is 0.497 e. The number of sulfonamides is 1. The van der Waals surface area contributed by atoms with Crippen molar-refractivity contribution in [1.82, 2.24) is 20.3 Å². The summed E-state index contributed by atoms with van der Waals surface area (Å²) in [6, 6.07) is 14.0. The zero-order valence-electron chi connectivity index (χ0n) is 29.1. The lowest BCUT2D eigenvalue weighted by atomic mass is 9.76. The Bertz CT molecular complexity index is 1500. The molecule has 3 atom stereocenters. The molecule has 0 radical (unpaired) electrons. The SMILES string of the molecule is CN[C@@H](C(=O)NC(C(=O)N(C)[C@H](/C=C(\C)C(=O)NS(=O)(=O)Cc1ccccc1)C(C)C)C(C)(C)C)C(C)(C)c1cccc(OC)c1. The molecule has 0 fully saturated rings. The molecule has 10 nitrogen and oxygen atoms in total.